The minimum Gasteiger partial charge on any atom is -0.452 e. The Morgan fingerprint density at radius 1 is 1.17 bits per heavy atom. The lowest BCUT2D eigenvalue weighted by atomic mass is 10.0. The number of carbonyl (C=O) groups is 2. The molecule has 5 nitrogen and oxygen atoms in total. The number of aromatic nitrogens is 1. The van der Waals surface area contributed by atoms with Gasteiger partial charge in [0.2, 0.25) is 0 Å². The van der Waals surface area contributed by atoms with E-state index in [4.69, 9.17) is 27.1 Å². The average Bonchev–Trinajstić information content (AvgIpc) is 3.09. The van der Waals surface area contributed by atoms with Crippen LogP contribution in [0, 0.1) is 5.82 Å². The molecule has 0 atom stereocenters. The van der Waals surface area contributed by atoms with Gasteiger partial charge in [0.05, 0.1) is 21.8 Å². The monoisotopic (exact) mass is 410 g/mol. The molecule has 0 saturated heterocycles. The number of primary amides is 1. The normalized spacial score (nSPS) is 14.2. The molecule has 0 saturated carbocycles. The van der Waals surface area contributed by atoms with Gasteiger partial charge >= 0.3 is 5.97 Å². The van der Waals surface area contributed by atoms with E-state index in [1.54, 1.807) is 36.4 Å². The van der Waals surface area contributed by atoms with Crippen LogP contribution >= 0.6 is 11.6 Å². The molecular formula is C22H16ClFN2O3. The highest BCUT2D eigenvalue weighted by Crippen LogP contribution is 2.38. The molecule has 1 amide bonds. The van der Waals surface area contributed by atoms with Crippen molar-refractivity contribution in [2.45, 2.75) is 12.8 Å². The molecule has 2 aromatic carbocycles. The summed E-state index contributed by atoms with van der Waals surface area (Å²) in [5.41, 5.74) is 8.43. The molecule has 1 aliphatic rings. The molecule has 0 radical (unpaired) electrons. The summed E-state index contributed by atoms with van der Waals surface area (Å²) >= 11 is 6.16. The smallest absolute Gasteiger partial charge is 0.339 e. The zero-order valence-electron chi connectivity index (χ0n) is 15.2. The minimum atomic E-state index is -0.733. The zero-order chi connectivity index (χ0) is 20.5. The first-order valence-corrected chi connectivity index (χ1v) is 9.35. The molecule has 3 aromatic rings. The van der Waals surface area contributed by atoms with E-state index in [2.05, 4.69) is 0 Å². The highest BCUT2D eigenvalue weighted by Gasteiger charge is 2.28. The summed E-state index contributed by atoms with van der Waals surface area (Å²) in [7, 11) is 0. The summed E-state index contributed by atoms with van der Waals surface area (Å²) in [5, 5.41) is 0.929. The number of hydrogen-bond acceptors (Lipinski definition) is 4. The second-order valence-electron chi connectivity index (χ2n) is 6.68. The van der Waals surface area contributed by atoms with Gasteiger partial charge in [0.25, 0.3) is 5.91 Å². The number of carbonyl (C=O) groups excluding carboxylic acids is 2. The van der Waals surface area contributed by atoms with Crippen LogP contribution < -0.4 is 5.73 Å². The van der Waals surface area contributed by atoms with Gasteiger partial charge in [-0.25, -0.2) is 14.2 Å². The molecule has 2 N–H and O–H groups in total. The summed E-state index contributed by atoms with van der Waals surface area (Å²) in [5.74, 6) is -1.80. The number of amides is 1. The predicted molar refractivity (Wildman–Crippen MR) is 109 cm³/mol. The maximum Gasteiger partial charge on any atom is 0.339 e. The molecule has 7 heteroatoms. The number of esters is 1. The Labute approximate surface area is 170 Å². The summed E-state index contributed by atoms with van der Waals surface area (Å²) in [6, 6.07) is 11.7. The molecule has 0 bridgehead atoms. The topological polar surface area (TPSA) is 82.3 Å². The van der Waals surface area contributed by atoms with E-state index in [-0.39, 0.29) is 5.56 Å². The van der Waals surface area contributed by atoms with Crippen molar-refractivity contribution in [3.8, 4) is 0 Å². The molecule has 1 aliphatic carbocycles. The van der Waals surface area contributed by atoms with Crippen LogP contribution in [0.2, 0.25) is 5.02 Å². The molecule has 0 spiro atoms. The number of nitrogens with two attached hydrogens (primary N) is 1. The standard InChI is InChI=1S/C22H16ClFN2O3/c23-16-5-3-6-17(24)15(16)10-12-8-9-14-20(22(28)29-11-19(25)27)13-4-1-2-7-18(13)26-21(12)14/h1-7,10H,8-9,11H2,(H2,25,27). The number of pyridine rings is 1. The Morgan fingerprint density at radius 3 is 2.72 bits per heavy atom. The fourth-order valence-electron chi connectivity index (χ4n) is 3.54. The van der Waals surface area contributed by atoms with Crippen molar-refractivity contribution in [2.75, 3.05) is 6.61 Å². The summed E-state index contributed by atoms with van der Waals surface area (Å²) < 4.78 is 19.3. The van der Waals surface area contributed by atoms with E-state index >= 15 is 0 Å². The molecule has 29 heavy (non-hydrogen) atoms. The van der Waals surface area contributed by atoms with Gasteiger partial charge in [-0.05, 0) is 48.3 Å². The third kappa shape index (κ3) is 3.59. The van der Waals surface area contributed by atoms with Crippen molar-refractivity contribution in [3.63, 3.8) is 0 Å². The molecule has 1 aromatic heterocycles. The number of hydrogen-bond donors (Lipinski definition) is 1. The molecule has 0 aliphatic heterocycles. The molecule has 146 valence electrons. The Balaban J connectivity index is 1.88. The van der Waals surface area contributed by atoms with E-state index in [1.165, 1.54) is 6.07 Å². The number of halogens is 2. The lowest BCUT2D eigenvalue weighted by Crippen LogP contribution is -2.21. The van der Waals surface area contributed by atoms with Crippen molar-refractivity contribution in [1.29, 1.82) is 0 Å². The third-order valence-corrected chi connectivity index (χ3v) is 5.14. The van der Waals surface area contributed by atoms with Gasteiger partial charge in [-0.15, -0.1) is 0 Å². The van der Waals surface area contributed by atoms with Crippen LogP contribution in [0.25, 0.3) is 22.6 Å². The van der Waals surface area contributed by atoms with Crippen LogP contribution in [-0.2, 0) is 16.0 Å². The average molecular weight is 411 g/mol. The lowest BCUT2D eigenvalue weighted by molar-refractivity contribution is -0.121. The van der Waals surface area contributed by atoms with Crippen LogP contribution in [0.15, 0.2) is 42.5 Å². The second kappa shape index (κ2) is 7.64. The van der Waals surface area contributed by atoms with Crippen LogP contribution in [0.3, 0.4) is 0 Å². The molecule has 4 rings (SSSR count). The Morgan fingerprint density at radius 2 is 1.97 bits per heavy atom. The highest BCUT2D eigenvalue weighted by atomic mass is 35.5. The van der Waals surface area contributed by atoms with E-state index in [9.17, 15) is 14.0 Å². The first-order valence-electron chi connectivity index (χ1n) is 8.97. The second-order valence-corrected chi connectivity index (χ2v) is 7.09. The molecule has 0 fully saturated rings. The van der Waals surface area contributed by atoms with Gasteiger partial charge < -0.3 is 10.5 Å². The van der Waals surface area contributed by atoms with E-state index in [1.807, 2.05) is 6.07 Å². The Bertz CT molecular complexity index is 1170. The van der Waals surface area contributed by atoms with Crippen LogP contribution in [0.1, 0.15) is 33.6 Å². The zero-order valence-corrected chi connectivity index (χ0v) is 16.0. The van der Waals surface area contributed by atoms with Crippen molar-refractivity contribution in [1.82, 2.24) is 4.98 Å². The SMILES string of the molecule is NC(=O)COC(=O)c1c2c(nc3ccccc13)C(=Cc1c(F)cccc1Cl)CC2. The quantitative estimate of drug-likeness (QED) is 0.655. The Hall–Kier alpha value is -3.25. The number of fused-ring (bicyclic) bond motifs is 2. The highest BCUT2D eigenvalue weighted by molar-refractivity contribution is 6.32. The van der Waals surface area contributed by atoms with Gasteiger partial charge in [-0.2, -0.15) is 0 Å². The van der Waals surface area contributed by atoms with Gasteiger partial charge in [0.1, 0.15) is 5.82 Å². The number of nitrogens with zero attached hydrogens (tertiary/aromatic N) is 1. The van der Waals surface area contributed by atoms with Gasteiger partial charge in [-0.3, -0.25) is 4.79 Å². The Kier molecular flexibility index (Phi) is 5.03. The molecule has 0 unspecified atom stereocenters. The number of rotatable bonds is 4. The maximum atomic E-state index is 14.2. The van der Waals surface area contributed by atoms with Crippen molar-refractivity contribution < 1.29 is 18.7 Å². The number of ether oxygens (including phenoxy) is 1. The van der Waals surface area contributed by atoms with Crippen LogP contribution in [-0.4, -0.2) is 23.5 Å². The van der Waals surface area contributed by atoms with Crippen LogP contribution in [0.4, 0.5) is 4.39 Å². The maximum absolute atomic E-state index is 14.2. The van der Waals surface area contributed by atoms with Crippen molar-refractivity contribution >= 4 is 46.0 Å². The van der Waals surface area contributed by atoms with Gasteiger partial charge in [0.15, 0.2) is 6.61 Å². The largest absolute Gasteiger partial charge is 0.452 e. The third-order valence-electron chi connectivity index (χ3n) is 4.81. The summed E-state index contributed by atoms with van der Waals surface area (Å²) in [6.07, 6.45) is 2.77. The molecule has 1 heterocycles. The van der Waals surface area contributed by atoms with E-state index in [0.29, 0.717) is 45.6 Å². The van der Waals surface area contributed by atoms with Crippen molar-refractivity contribution in [2.24, 2.45) is 5.73 Å². The van der Waals surface area contributed by atoms with Crippen molar-refractivity contribution in [3.05, 3.63) is 75.7 Å². The fraction of sp³-hybridized carbons (Fsp3) is 0.136. The number of para-hydroxylation sites is 1. The first-order chi connectivity index (χ1) is 14.0. The minimum absolute atomic E-state index is 0.282. The lowest BCUT2D eigenvalue weighted by Gasteiger charge is -2.12. The summed E-state index contributed by atoms with van der Waals surface area (Å²) in [6.45, 7) is -0.502. The fourth-order valence-corrected chi connectivity index (χ4v) is 3.76. The molecular weight excluding hydrogens is 395 g/mol. The summed E-state index contributed by atoms with van der Waals surface area (Å²) in [4.78, 5) is 28.5. The number of allylic oxidation sites excluding steroid dienone is 1. The van der Waals surface area contributed by atoms with Crippen LogP contribution in [0.5, 0.6) is 0 Å². The van der Waals surface area contributed by atoms with Gasteiger partial charge in [0, 0.05) is 10.9 Å². The van der Waals surface area contributed by atoms with E-state index < -0.39 is 24.3 Å². The van der Waals surface area contributed by atoms with E-state index in [0.717, 1.165) is 5.57 Å². The number of benzene rings is 2. The first kappa shape index (κ1) is 19.1. The predicted octanol–water partition coefficient (Wildman–Crippen LogP) is 4.16. The van der Waals surface area contributed by atoms with Gasteiger partial charge in [-0.1, -0.05) is 35.9 Å².